The Morgan fingerprint density at radius 3 is 1.36 bits per heavy atom. The molecule has 0 amide bonds. The van der Waals surface area contributed by atoms with Gasteiger partial charge in [-0.2, -0.15) is 26.3 Å². The predicted molar refractivity (Wildman–Crippen MR) is 185 cm³/mol. The van der Waals surface area contributed by atoms with Gasteiger partial charge in [0.2, 0.25) is 11.8 Å². The fourth-order valence-electron chi connectivity index (χ4n) is 6.77. The number of hydrogen-bond donors (Lipinski definition) is 4. The van der Waals surface area contributed by atoms with Crippen LogP contribution < -0.4 is 20.9 Å². The maximum Gasteiger partial charge on any atom is 0.416 e. The molecule has 22 heteroatoms. The molecule has 0 unspecified atom stereocenters. The van der Waals surface area contributed by atoms with E-state index in [1.807, 2.05) is 0 Å². The number of rotatable bonds is 6. The third-order valence-electron chi connectivity index (χ3n) is 9.52. The largest absolute Gasteiger partial charge is 0.418 e. The van der Waals surface area contributed by atoms with Crippen molar-refractivity contribution in [3.63, 3.8) is 0 Å². The minimum absolute atomic E-state index is 0.0577. The number of nitrogens with zero attached hydrogens (tertiary/aromatic N) is 10. The number of fused-ring (bicyclic) bond motifs is 2. The van der Waals surface area contributed by atoms with Crippen molar-refractivity contribution in [3.8, 4) is 23.5 Å². The zero-order valence-corrected chi connectivity index (χ0v) is 29.2. The van der Waals surface area contributed by atoms with Gasteiger partial charge in [0.25, 0.3) is 11.8 Å². The van der Waals surface area contributed by atoms with Gasteiger partial charge in [0.05, 0.1) is 35.4 Å². The van der Waals surface area contributed by atoms with Gasteiger partial charge in [0, 0.05) is 24.5 Å². The number of nitrogen functional groups attached to an aromatic ring is 2. The molecule has 2 aliphatic carbocycles. The molecule has 0 bridgehead atoms. The normalized spacial score (nSPS) is 20.4. The molecule has 4 atom stereocenters. The highest BCUT2D eigenvalue weighted by Crippen LogP contribution is 2.39. The number of alkyl halides is 6. The van der Waals surface area contributed by atoms with Crippen LogP contribution in [0.1, 0.15) is 74.6 Å². The van der Waals surface area contributed by atoms with Crippen LogP contribution in [0.25, 0.3) is 22.1 Å². The lowest BCUT2D eigenvalue weighted by molar-refractivity contribution is -0.138. The van der Waals surface area contributed by atoms with Gasteiger partial charge in [-0.1, -0.05) is 25.7 Å². The zero-order chi connectivity index (χ0) is 39.8. The number of nitrogens with two attached hydrogens (primary N) is 2. The van der Waals surface area contributed by atoms with Crippen molar-refractivity contribution >= 4 is 33.7 Å². The van der Waals surface area contributed by atoms with E-state index in [9.17, 15) is 36.6 Å². The van der Waals surface area contributed by atoms with Crippen LogP contribution in [-0.2, 0) is 12.4 Å². The van der Waals surface area contributed by atoms with Crippen LogP contribution in [-0.4, -0.2) is 71.9 Å². The summed E-state index contributed by atoms with van der Waals surface area (Å²) >= 11 is 0. The first-order valence-corrected chi connectivity index (χ1v) is 17.4. The third-order valence-corrected chi connectivity index (χ3v) is 9.52. The van der Waals surface area contributed by atoms with Crippen molar-refractivity contribution < 1.29 is 46.0 Å². The Morgan fingerprint density at radius 1 is 0.589 bits per heavy atom. The number of halogens is 6. The van der Waals surface area contributed by atoms with Crippen LogP contribution in [0, 0.1) is 0 Å². The molecule has 0 aliphatic heterocycles. The van der Waals surface area contributed by atoms with Crippen molar-refractivity contribution in [1.29, 1.82) is 0 Å². The number of aromatic nitrogens is 10. The molecule has 6 aromatic heterocycles. The number of hydrogen-bond acceptors (Lipinski definition) is 14. The summed E-state index contributed by atoms with van der Waals surface area (Å²) in [7, 11) is 0. The van der Waals surface area contributed by atoms with Crippen LogP contribution in [0.4, 0.5) is 38.0 Å². The highest BCUT2D eigenvalue weighted by Gasteiger charge is 2.34. The number of aliphatic hydroxyl groups excluding tert-OH is 2. The van der Waals surface area contributed by atoms with E-state index in [0.717, 1.165) is 62.3 Å². The summed E-state index contributed by atoms with van der Waals surface area (Å²) in [5.41, 5.74) is 10.8. The van der Waals surface area contributed by atoms with Gasteiger partial charge in [-0.05, 0) is 37.8 Å². The van der Waals surface area contributed by atoms with Gasteiger partial charge < -0.3 is 31.2 Å². The maximum atomic E-state index is 12.9. The average Bonchev–Trinajstić information content (AvgIpc) is 3.71. The summed E-state index contributed by atoms with van der Waals surface area (Å²) in [5, 5.41) is 29.9. The van der Waals surface area contributed by atoms with Crippen LogP contribution in [0.3, 0.4) is 0 Å². The minimum atomic E-state index is -4.53. The smallest absolute Gasteiger partial charge is 0.416 e. The van der Waals surface area contributed by atoms with Crippen LogP contribution in [0.5, 0.6) is 23.5 Å². The lowest BCUT2D eigenvalue weighted by Crippen LogP contribution is -2.28. The molecule has 2 fully saturated rings. The Bertz CT molecular complexity index is 2170. The van der Waals surface area contributed by atoms with E-state index in [2.05, 4.69) is 40.1 Å². The number of anilines is 2. The number of ether oxygens (including phenoxy) is 2. The van der Waals surface area contributed by atoms with E-state index >= 15 is 0 Å². The standard InChI is InChI=1S/2C17H17F3N6O2/c2*18-17(19,20)9-5-6-22-12(7-9)28-16-13-14(21)23-8-24-15(13)26(25-16)10-3-1-2-4-11(10)27/h2*5-8,10-11,27H,1-4H2,(H2,21,23,24)/t2*10-,11-/m10/s1. The monoisotopic (exact) mass is 788 g/mol. The molecular weight excluding hydrogens is 754 g/mol. The summed E-state index contributed by atoms with van der Waals surface area (Å²) in [6, 6.07) is 2.58. The molecule has 16 nitrogen and oxygen atoms in total. The second-order valence-electron chi connectivity index (χ2n) is 13.2. The van der Waals surface area contributed by atoms with Crippen LogP contribution >= 0.6 is 0 Å². The van der Waals surface area contributed by atoms with Gasteiger partial charge in [0.15, 0.2) is 11.3 Å². The van der Waals surface area contributed by atoms with Gasteiger partial charge in [-0.3, -0.25) is 0 Å². The molecule has 0 spiro atoms. The Morgan fingerprint density at radius 2 is 0.982 bits per heavy atom. The second-order valence-corrected chi connectivity index (χ2v) is 13.2. The molecule has 0 radical (unpaired) electrons. The van der Waals surface area contributed by atoms with Gasteiger partial charge >= 0.3 is 12.4 Å². The molecule has 2 aliphatic rings. The Labute approximate surface area is 312 Å². The fraction of sp³-hybridized carbons (Fsp3) is 0.412. The molecule has 0 aromatic carbocycles. The van der Waals surface area contributed by atoms with Crippen molar-refractivity contribution in [2.24, 2.45) is 0 Å². The summed E-state index contributed by atoms with van der Waals surface area (Å²) in [6.45, 7) is 0. The molecule has 56 heavy (non-hydrogen) atoms. The highest BCUT2D eigenvalue weighted by molar-refractivity contribution is 5.91. The Balaban J connectivity index is 0.000000172. The summed E-state index contributed by atoms with van der Waals surface area (Å²) in [5.74, 6) is -0.537. The second kappa shape index (κ2) is 15.3. The Hall–Kier alpha value is -5.90. The number of pyridine rings is 2. The van der Waals surface area contributed by atoms with E-state index in [-0.39, 0.29) is 58.0 Å². The number of aliphatic hydroxyl groups is 2. The SMILES string of the molecule is Nc1ncnc2c1c(Oc1cc(C(F)(F)F)ccn1)nn2[C@@H]1CCCC[C@H]1O.Nc1ncnc2c1c(Oc1cc(C(F)(F)F)ccn1)nn2[C@H]1CCCC[C@@H]1O. The topological polar surface area (TPSA) is 224 Å². The summed E-state index contributed by atoms with van der Waals surface area (Å²) in [4.78, 5) is 23.8. The van der Waals surface area contributed by atoms with Crippen molar-refractivity contribution in [2.45, 2.75) is 88.0 Å². The third kappa shape index (κ3) is 7.92. The molecule has 8 rings (SSSR count). The van der Waals surface area contributed by atoms with Gasteiger partial charge in [0.1, 0.15) is 35.1 Å². The van der Waals surface area contributed by atoms with Crippen molar-refractivity contribution in [3.05, 3.63) is 60.4 Å². The summed E-state index contributed by atoms with van der Waals surface area (Å²) in [6.07, 6.45) is 0.482. The van der Waals surface area contributed by atoms with Crippen molar-refractivity contribution in [2.75, 3.05) is 11.5 Å². The lowest BCUT2D eigenvalue weighted by Gasteiger charge is -2.27. The summed E-state index contributed by atoms with van der Waals surface area (Å²) < 4.78 is 91.7. The first-order valence-electron chi connectivity index (χ1n) is 17.4. The molecule has 6 aromatic rings. The molecule has 0 saturated heterocycles. The van der Waals surface area contributed by atoms with E-state index in [1.165, 1.54) is 22.0 Å². The van der Waals surface area contributed by atoms with Crippen molar-refractivity contribution in [1.82, 2.24) is 49.5 Å². The molecule has 6 heterocycles. The molecule has 296 valence electrons. The average molecular weight is 789 g/mol. The fourth-order valence-corrected chi connectivity index (χ4v) is 6.77. The van der Waals surface area contributed by atoms with E-state index in [0.29, 0.717) is 37.0 Å². The highest BCUT2D eigenvalue weighted by atomic mass is 19.4. The van der Waals surface area contributed by atoms with E-state index < -0.39 is 35.7 Å². The molecular formula is C34H34F6N12O4. The van der Waals surface area contributed by atoms with E-state index in [1.54, 1.807) is 0 Å². The van der Waals surface area contributed by atoms with E-state index in [4.69, 9.17) is 20.9 Å². The van der Waals surface area contributed by atoms with Crippen LogP contribution in [0.2, 0.25) is 0 Å². The van der Waals surface area contributed by atoms with Crippen LogP contribution in [0.15, 0.2) is 49.3 Å². The quantitative estimate of drug-likeness (QED) is 0.138. The Kier molecular flexibility index (Phi) is 10.5. The van der Waals surface area contributed by atoms with Gasteiger partial charge in [-0.25, -0.2) is 39.3 Å². The molecule has 6 N–H and O–H groups in total. The lowest BCUT2D eigenvalue weighted by atomic mass is 9.93. The minimum Gasteiger partial charge on any atom is -0.418 e. The van der Waals surface area contributed by atoms with Gasteiger partial charge in [-0.15, -0.1) is 10.2 Å². The predicted octanol–water partition coefficient (Wildman–Crippen LogP) is 6.18. The first-order chi connectivity index (χ1) is 26.7. The molecule has 2 saturated carbocycles. The maximum absolute atomic E-state index is 12.9. The first kappa shape index (κ1) is 38.4. The zero-order valence-electron chi connectivity index (χ0n) is 29.2.